The van der Waals surface area contributed by atoms with Gasteiger partial charge in [-0.05, 0) is 174 Å². The summed E-state index contributed by atoms with van der Waals surface area (Å²) in [5.74, 6) is 3.84. The molecule has 0 aliphatic rings. The van der Waals surface area contributed by atoms with E-state index in [1.807, 2.05) is 121 Å². The second-order valence-electron chi connectivity index (χ2n) is 35.3. The first-order chi connectivity index (χ1) is 68.4. The molecule has 0 saturated heterocycles. The molecule has 0 amide bonds. The SMILES string of the molecule is c1ccc(-c2nc(-c3ccccc3)nc(-c3ccc(-c4ccc(-n5c6ccc(-n7c8ccccc8c8ccccc87)cc6c6cc(-n7c8ccccc8c8ccccc87)ccc65)cc4)cc3)n2)cc1.c1ccc(-c2nc(-c3ccccc3)nc(-c3cccc(-c4cccc(-n5c6ccc(-n7c8ccccc8c8ccccc87)cc6c6cc(-n7c8ccccc8c8ccccc87)ccc65)c4)c3)n2)cc1. The third kappa shape index (κ3) is 13.3. The van der Waals surface area contributed by atoms with Crippen molar-refractivity contribution >= 4 is 131 Å². The monoisotopic (exact) mass is 1760 g/mol. The maximum Gasteiger partial charge on any atom is 0.164 e. The van der Waals surface area contributed by atoms with Crippen molar-refractivity contribution in [2.45, 2.75) is 0 Å². The number of fused-ring (bicyclic) bond motifs is 18. The van der Waals surface area contributed by atoms with Crippen LogP contribution in [-0.4, -0.2) is 57.3 Å². The quantitative estimate of drug-likeness (QED) is 0.107. The molecule has 0 spiro atoms. The Morgan fingerprint density at radius 1 is 0.101 bits per heavy atom. The van der Waals surface area contributed by atoms with E-state index < -0.39 is 0 Å². The minimum atomic E-state index is 0.626. The van der Waals surface area contributed by atoms with Gasteiger partial charge >= 0.3 is 0 Å². The van der Waals surface area contributed by atoms with Gasteiger partial charge in [-0.2, -0.15) is 0 Å². The predicted octanol–water partition coefficient (Wildman–Crippen LogP) is 31.7. The van der Waals surface area contributed by atoms with Gasteiger partial charge in [0.1, 0.15) is 0 Å². The third-order valence-electron chi connectivity index (χ3n) is 27.4. The van der Waals surface area contributed by atoms with Crippen LogP contribution >= 0.6 is 0 Å². The van der Waals surface area contributed by atoms with Crippen molar-refractivity contribution in [3.63, 3.8) is 0 Å². The van der Waals surface area contributed by atoms with Crippen LogP contribution in [0.2, 0.25) is 0 Å². The predicted molar refractivity (Wildman–Crippen MR) is 569 cm³/mol. The molecule has 12 nitrogen and oxygen atoms in total. The minimum absolute atomic E-state index is 0.626. The summed E-state index contributed by atoms with van der Waals surface area (Å²) in [6.45, 7) is 0. The lowest BCUT2D eigenvalue weighted by Crippen LogP contribution is -2.00. The fraction of sp³-hybridized carbons (Fsp3) is 0. The first-order valence-electron chi connectivity index (χ1n) is 46.7. The lowest BCUT2D eigenvalue weighted by Gasteiger charge is -2.13. The molecule has 20 aromatic carbocycles. The van der Waals surface area contributed by atoms with E-state index in [4.69, 9.17) is 29.9 Å². The molecule has 0 radical (unpaired) electrons. The number of nitrogens with zero attached hydrogens (tertiary/aromatic N) is 12. The van der Waals surface area contributed by atoms with Crippen LogP contribution in [0.5, 0.6) is 0 Å². The summed E-state index contributed by atoms with van der Waals surface area (Å²) in [5.41, 5.74) is 30.8. The summed E-state index contributed by atoms with van der Waals surface area (Å²) in [4.78, 5) is 29.8. The second-order valence-corrected chi connectivity index (χ2v) is 35.3. The topological polar surface area (TPSA) is 107 Å². The van der Waals surface area contributed by atoms with E-state index in [0.29, 0.717) is 34.9 Å². The van der Waals surface area contributed by atoms with E-state index in [-0.39, 0.29) is 0 Å². The zero-order valence-electron chi connectivity index (χ0n) is 74.6. The van der Waals surface area contributed by atoms with Crippen molar-refractivity contribution in [3.8, 4) is 125 Å². The Balaban J connectivity index is 0.000000139. The number of para-hydroxylation sites is 8. The summed E-state index contributed by atoms with van der Waals surface area (Å²) in [6.07, 6.45) is 0. The smallest absolute Gasteiger partial charge is 0.164 e. The van der Waals surface area contributed by atoms with Crippen molar-refractivity contribution < 1.29 is 0 Å². The third-order valence-corrected chi connectivity index (χ3v) is 27.4. The molecule has 8 heterocycles. The molecule has 8 aromatic heterocycles. The second kappa shape index (κ2) is 32.6. The van der Waals surface area contributed by atoms with E-state index in [1.54, 1.807) is 0 Å². The molecule has 0 atom stereocenters. The highest BCUT2D eigenvalue weighted by Gasteiger charge is 2.25. The van der Waals surface area contributed by atoms with Crippen molar-refractivity contribution in [1.29, 1.82) is 0 Å². The number of rotatable bonds is 14. The van der Waals surface area contributed by atoms with Gasteiger partial charge in [-0.1, -0.05) is 334 Å². The number of hydrogen-bond acceptors (Lipinski definition) is 6. The molecule has 138 heavy (non-hydrogen) atoms. The van der Waals surface area contributed by atoms with Gasteiger partial charge in [-0.3, -0.25) is 0 Å². The van der Waals surface area contributed by atoms with E-state index in [0.717, 1.165) is 112 Å². The van der Waals surface area contributed by atoms with Gasteiger partial charge in [0.15, 0.2) is 34.9 Å². The maximum atomic E-state index is 5.05. The van der Waals surface area contributed by atoms with Crippen molar-refractivity contribution in [2.75, 3.05) is 0 Å². The molecular weight excluding hydrogens is 1680 g/mol. The van der Waals surface area contributed by atoms with E-state index in [1.165, 1.54) is 109 Å². The highest BCUT2D eigenvalue weighted by molar-refractivity contribution is 6.17. The van der Waals surface area contributed by atoms with Gasteiger partial charge in [-0.25, -0.2) is 29.9 Å². The molecule has 0 bridgehead atoms. The van der Waals surface area contributed by atoms with Gasteiger partial charge in [0.25, 0.3) is 0 Å². The molecule has 644 valence electrons. The van der Waals surface area contributed by atoms with E-state index in [2.05, 4.69) is 391 Å². The van der Waals surface area contributed by atoms with Gasteiger partial charge in [0.2, 0.25) is 0 Å². The molecule has 28 rings (SSSR count). The van der Waals surface area contributed by atoms with Crippen LogP contribution in [0.4, 0.5) is 0 Å². The number of hydrogen-bond donors (Lipinski definition) is 0. The Hall–Kier alpha value is -18.8. The van der Waals surface area contributed by atoms with Crippen LogP contribution in [-0.2, 0) is 0 Å². The average Bonchev–Trinajstić information content (AvgIpc) is 1.57. The fourth-order valence-electron chi connectivity index (χ4n) is 21.1. The van der Waals surface area contributed by atoms with Crippen molar-refractivity contribution in [2.24, 2.45) is 0 Å². The molecule has 0 saturated carbocycles. The van der Waals surface area contributed by atoms with Crippen molar-refractivity contribution in [1.82, 2.24) is 57.3 Å². The van der Waals surface area contributed by atoms with Gasteiger partial charge < -0.3 is 27.4 Å². The average molecular weight is 1760 g/mol. The lowest BCUT2D eigenvalue weighted by molar-refractivity contribution is 1.07. The van der Waals surface area contributed by atoms with E-state index >= 15 is 0 Å². The Labute approximate surface area is 792 Å². The van der Waals surface area contributed by atoms with E-state index in [9.17, 15) is 0 Å². The summed E-state index contributed by atoms with van der Waals surface area (Å²) >= 11 is 0. The molecule has 0 fully saturated rings. The van der Waals surface area contributed by atoms with Gasteiger partial charge in [-0.15, -0.1) is 0 Å². The van der Waals surface area contributed by atoms with Gasteiger partial charge in [0.05, 0.1) is 66.2 Å². The fourth-order valence-corrected chi connectivity index (χ4v) is 21.1. The molecule has 0 unspecified atom stereocenters. The molecule has 0 aliphatic carbocycles. The van der Waals surface area contributed by atoms with Crippen LogP contribution < -0.4 is 0 Å². The molecular formula is C126H80N12. The summed E-state index contributed by atoms with van der Waals surface area (Å²) in [7, 11) is 0. The lowest BCUT2D eigenvalue weighted by atomic mass is 10.0. The summed E-state index contributed by atoms with van der Waals surface area (Å²) in [5, 5.41) is 14.7. The Kier molecular flexibility index (Phi) is 18.7. The summed E-state index contributed by atoms with van der Waals surface area (Å²) in [6, 6.07) is 173. The number of benzene rings is 20. The Morgan fingerprint density at radius 3 is 0.565 bits per heavy atom. The molecule has 12 heteroatoms. The zero-order chi connectivity index (χ0) is 90.8. The maximum absolute atomic E-state index is 5.05. The highest BCUT2D eigenvalue weighted by atomic mass is 15.1. The molecule has 0 N–H and O–H groups in total. The first-order valence-corrected chi connectivity index (χ1v) is 46.7. The zero-order valence-corrected chi connectivity index (χ0v) is 74.6. The van der Waals surface area contributed by atoms with Crippen LogP contribution in [0.15, 0.2) is 485 Å². The Morgan fingerprint density at radius 2 is 0.283 bits per heavy atom. The van der Waals surface area contributed by atoms with Crippen LogP contribution in [0, 0.1) is 0 Å². The largest absolute Gasteiger partial charge is 0.309 e. The first kappa shape index (κ1) is 79.0. The van der Waals surface area contributed by atoms with Crippen molar-refractivity contribution in [3.05, 3.63) is 485 Å². The normalized spacial score (nSPS) is 11.8. The Bertz CT molecular complexity index is 9040. The van der Waals surface area contributed by atoms with Crippen LogP contribution in [0.1, 0.15) is 0 Å². The standard InChI is InChI=1S/2C63H40N6/c1-3-17-41(18-4-1)61-64-62(42-19-5-2-6-20-42)66-63(65-61)45-23-15-21-43(37-45)44-22-16-24-46(38-44)67-59-35-33-47(68-55-29-11-7-25-49(55)50-26-8-12-30-56(50)68)39-53(59)54-40-48(34-36-60(54)67)69-57-31-13-9-27-51(57)52-28-10-14-32-58(52)69;1-3-15-43(16-4-1)61-64-62(44-17-5-2-6-18-44)66-63(65-61)45-29-27-41(28-30-45)42-31-33-46(34-32-42)67-59-37-35-47(68-55-23-11-7-19-49(55)50-20-8-12-24-56(50)68)39-53(59)54-40-48(36-38-60(54)67)69-57-25-13-9-21-51(57)52-22-10-14-26-58(52)69/h2*1-40H. The van der Waals surface area contributed by atoms with Gasteiger partial charge in [0, 0.05) is 132 Å². The number of aromatic nitrogens is 12. The minimum Gasteiger partial charge on any atom is -0.309 e. The molecule has 0 aliphatic heterocycles. The van der Waals surface area contributed by atoms with Crippen LogP contribution in [0.25, 0.3) is 256 Å². The molecule has 28 aromatic rings. The summed E-state index contributed by atoms with van der Waals surface area (Å²) < 4.78 is 14.5. The highest BCUT2D eigenvalue weighted by Crippen LogP contribution is 2.45. The van der Waals surface area contributed by atoms with Crippen LogP contribution in [0.3, 0.4) is 0 Å².